The molecule has 0 radical (unpaired) electrons. The van der Waals surface area contributed by atoms with Crippen molar-refractivity contribution in [2.24, 2.45) is 0 Å². The van der Waals surface area contributed by atoms with Gasteiger partial charge >= 0.3 is 0 Å². The lowest BCUT2D eigenvalue weighted by atomic mass is 9.94. The molecule has 4 aromatic carbocycles. The van der Waals surface area contributed by atoms with Crippen LogP contribution < -0.4 is 19.3 Å². The third kappa shape index (κ3) is 11.8. The third-order valence-electron chi connectivity index (χ3n) is 9.66. The predicted molar refractivity (Wildman–Crippen MR) is 222 cm³/mol. The van der Waals surface area contributed by atoms with Crippen LogP contribution in [-0.4, -0.2) is 40.4 Å². The summed E-state index contributed by atoms with van der Waals surface area (Å²) in [6, 6.07) is 35.3. The molecular weight excluding hydrogens is 625 g/mol. The summed E-state index contributed by atoms with van der Waals surface area (Å²) in [6.07, 6.45) is 15.2. The molecule has 0 unspecified atom stereocenters. The van der Waals surface area contributed by atoms with Crippen LogP contribution in [0.3, 0.4) is 0 Å². The number of allylic oxidation sites excluding steroid dienone is 2. The molecule has 4 aromatic rings. The SMILES string of the molecule is CCCCN(CCCC)c1ccc(C(=CCC=C(c2ccc(OC)cc2)c2ccc(N(CCCC)CCCC)cc2)c2ccc(OC)cc2)cc1. The molecule has 0 aliphatic rings. The molecule has 0 atom stereocenters. The van der Waals surface area contributed by atoms with Crippen LogP contribution in [0.25, 0.3) is 11.1 Å². The van der Waals surface area contributed by atoms with Crippen molar-refractivity contribution in [3.8, 4) is 11.5 Å². The first-order valence-corrected chi connectivity index (χ1v) is 19.4. The molecule has 0 heterocycles. The van der Waals surface area contributed by atoms with Crippen molar-refractivity contribution < 1.29 is 9.47 Å². The molecule has 0 N–H and O–H groups in total. The van der Waals surface area contributed by atoms with Crippen molar-refractivity contribution in [3.05, 3.63) is 131 Å². The van der Waals surface area contributed by atoms with Crippen molar-refractivity contribution in [2.75, 3.05) is 50.2 Å². The normalized spacial score (nSPS) is 11.8. The quantitative estimate of drug-likeness (QED) is 0.0821. The number of hydrogen-bond acceptors (Lipinski definition) is 4. The fourth-order valence-electron chi connectivity index (χ4n) is 6.48. The summed E-state index contributed by atoms with van der Waals surface area (Å²) in [6.45, 7) is 13.5. The summed E-state index contributed by atoms with van der Waals surface area (Å²) < 4.78 is 11.0. The zero-order valence-corrected chi connectivity index (χ0v) is 32.3. The van der Waals surface area contributed by atoms with E-state index in [1.807, 2.05) is 0 Å². The molecule has 0 fully saturated rings. The molecule has 0 saturated heterocycles. The highest BCUT2D eigenvalue weighted by atomic mass is 16.5. The number of ether oxygens (including phenoxy) is 2. The smallest absolute Gasteiger partial charge is 0.118 e. The summed E-state index contributed by atoms with van der Waals surface area (Å²) in [7, 11) is 3.44. The zero-order chi connectivity index (χ0) is 36.3. The predicted octanol–water partition coefficient (Wildman–Crippen LogP) is 12.5. The monoisotopic (exact) mass is 686 g/mol. The number of rotatable bonds is 22. The van der Waals surface area contributed by atoms with Gasteiger partial charge in [-0.2, -0.15) is 0 Å². The van der Waals surface area contributed by atoms with Crippen molar-refractivity contribution in [1.82, 2.24) is 0 Å². The van der Waals surface area contributed by atoms with Gasteiger partial charge in [-0.3, -0.25) is 0 Å². The standard InChI is InChI=1S/C47H62N2O2/c1-7-11-34-48(35-12-8-2)42-26-18-38(19-27-42)46(40-22-30-44(50-5)31-23-40)16-15-17-47(41-24-32-45(51-6)33-25-41)39-20-28-43(29-21-39)49(36-13-9-3)37-14-10-4/h16-33H,7-15,34-37H2,1-6H3. The van der Waals surface area contributed by atoms with Gasteiger partial charge in [0.2, 0.25) is 0 Å². The Morgan fingerprint density at radius 3 is 0.961 bits per heavy atom. The minimum absolute atomic E-state index is 0.782. The zero-order valence-electron chi connectivity index (χ0n) is 32.3. The summed E-state index contributed by atoms with van der Waals surface area (Å²) >= 11 is 0. The molecule has 0 aliphatic carbocycles. The molecule has 0 aliphatic heterocycles. The van der Waals surface area contributed by atoms with Crippen LogP contribution in [0.4, 0.5) is 11.4 Å². The molecular formula is C47H62N2O2. The molecule has 51 heavy (non-hydrogen) atoms. The van der Waals surface area contributed by atoms with E-state index in [4.69, 9.17) is 9.47 Å². The molecule has 0 aromatic heterocycles. The Balaban J connectivity index is 1.71. The maximum Gasteiger partial charge on any atom is 0.118 e. The highest BCUT2D eigenvalue weighted by Gasteiger charge is 2.12. The Kier molecular flexibility index (Phi) is 16.7. The van der Waals surface area contributed by atoms with Gasteiger partial charge < -0.3 is 19.3 Å². The first-order chi connectivity index (χ1) is 25.0. The summed E-state index contributed by atoms with van der Waals surface area (Å²) in [5, 5.41) is 0. The Morgan fingerprint density at radius 1 is 0.431 bits per heavy atom. The van der Waals surface area contributed by atoms with E-state index >= 15 is 0 Å². The second-order valence-electron chi connectivity index (χ2n) is 13.4. The van der Waals surface area contributed by atoms with E-state index in [0.717, 1.165) is 44.1 Å². The van der Waals surface area contributed by atoms with E-state index in [2.05, 4.69) is 147 Å². The van der Waals surface area contributed by atoms with Gasteiger partial charge in [-0.25, -0.2) is 0 Å². The summed E-state index contributed by atoms with van der Waals surface area (Å²) in [5.41, 5.74) is 9.86. The lowest BCUT2D eigenvalue weighted by Crippen LogP contribution is -2.25. The van der Waals surface area contributed by atoms with E-state index in [1.54, 1.807) is 14.2 Å². The number of benzene rings is 4. The molecule has 0 spiro atoms. The number of anilines is 2. The van der Waals surface area contributed by atoms with E-state index < -0.39 is 0 Å². The number of hydrogen-bond donors (Lipinski definition) is 0. The van der Waals surface area contributed by atoms with Crippen LogP contribution in [0, 0.1) is 0 Å². The van der Waals surface area contributed by atoms with Gasteiger partial charge in [0, 0.05) is 37.6 Å². The Hall–Kier alpha value is -4.44. The summed E-state index contributed by atoms with van der Waals surface area (Å²) in [5.74, 6) is 1.73. The molecule has 272 valence electrons. The van der Waals surface area contributed by atoms with Crippen molar-refractivity contribution in [1.29, 1.82) is 0 Å². The van der Waals surface area contributed by atoms with E-state index in [1.165, 1.54) is 96.1 Å². The average molecular weight is 687 g/mol. The van der Waals surface area contributed by atoms with Crippen LogP contribution in [0.2, 0.25) is 0 Å². The maximum atomic E-state index is 5.50. The largest absolute Gasteiger partial charge is 0.497 e. The number of nitrogens with zero attached hydrogens (tertiary/aromatic N) is 2. The van der Waals surface area contributed by atoms with Gasteiger partial charge in [0.05, 0.1) is 14.2 Å². The van der Waals surface area contributed by atoms with Crippen LogP contribution in [0.15, 0.2) is 109 Å². The first-order valence-electron chi connectivity index (χ1n) is 19.4. The van der Waals surface area contributed by atoms with Gasteiger partial charge in [0.25, 0.3) is 0 Å². The van der Waals surface area contributed by atoms with Crippen LogP contribution in [-0.2, 0) is 0 Å². The second kappa shape index (κ2) is 21.7. The first kappa shape index (κ1) is 39.3. The van der Waals surface area contributed by atoms with Crippen LogP contribution in [0.5, 0.6) is 11.5 Å². The van der Waals surface area contributed by atoms with E-state index in [9.17, 15) is 0 Å². The van der Waals surface area contributed by atoms with E-state index in [0.29, 0.717) is 0 Å². The lowest BCUT2D eigenvalue weighted by Gasteiger charge is -2.25. The number of methoxy groups -OCH3 is 2. The molecule has 4 heteroatoms. The molecule has 0 amide bonds. The Labute approximate surface area is 309 Å². The van der Waals surface area contributed by atoms with Gasteiger partial charge in [-0.1, -0.05) is 114 Å². The van der Waals surface area contributed by atoms with Crippen molar-refractivity contribution in [3.63, 3.8) is 0 Å². The highest BCUT2D eigenvalue weighted by molar-refractivity contribution is 5.83. The third-order valence-corrected chi connectivity index (χ3v) is 9.66. The van der Waals surface area contributed by atoms with Gasteiger partial charge in [-0.15, -0.1) is 0 Å². The summed E-state index contributed by atoms with van der Waals surface area (Å²) in [4.78, 5) is 5.10. The van der Waals surface area contributed by atoms with Gasteiger partial charge in [-0.05, 0) is 114 Å². The van der Waals surface area contributed by atoms with Crippen molar-refractivity contribution in [2.45, 2.75) is 85.5 Å². The van der Waals surface area contributed by atoms with Gasteiger partial charge in [0.1, 0.15) is 11.5 Å². The highest BCUT2D eigenvalue weighted by Crippen LogP contribution is 2.31. The molecule has 4 rings (SSSR count). The molecule has 4 nitrogen and oxygen atoms in total. The Bertz CT molecular complexity index is 1460. The Morgan fingerprint density at radius 2 is 0.706 bits per heavy atom. The maximum absolute atomic E-state index is 5.50. The van der Waals surface area contributed by atoms with Crippen molar-refractivity contribution >= 4 is 22.5 Å². The number of unbranched alkanes of at least 4 members (excludes halogenated alkanes) is 4. The molecule has 0 saturated carbocycles. The fraction of sp³-hybridized carbons (Fsp3) is 0.404. The van der Waals surface area contributed by atoms with Crippen LogP contribution >= 0.6 is 0 Å². The lowest BCUT2D eigenvalue weighted by molar-refractivity contribution is 0.414. The average Bonchev–Trinajstić information content (AvgIpc) is 3.19. The van der Waals surface area contributed by atoms with Gasteiger partial charge in [0.15, 0.2) is 0 Å². The minimum atomic E-state index is 0.782. The molecule has 0 bridgehead atoms. The topological polar surface area (TPSA) is 24.9 Å². The minimum Gasteiger partial charge on any atom is -0.497 e. The fourth-order valence-corrected chi connectivity index (χ4v) is 6.48. The second-order valence-corrected chi connectivity index (χ2v) is 13.4. The van der Waals surface area contributed by atoms with E-state index in [-0.39, 0.29) is 0 Å². The van der Waals surface area contributed by atoms with Crippen LogP contribution in [0.1, 0.15) is 108 Å².